The lowest BCUT2D eigenvalue weighted by atomic mass is 10.0. The van der Waals surface area contributed by atoms with Gasteiger partial charge in [-0.1, -0.05) is 37.3 Å². The van der Waals surface area contributed by atoms with Crippen molar-refractivity contribution in [1.29, 1.82) is 0 Å². The Labute approximate surface area is 175 Å². The largest absolute Gasteiger partial charge is 0.312 e. The number of nitrogens with zero attached hydrogens (tertiary/aromatic N) is 1. The summed E-state index contributed by atoms with van der Waals surface area (Å²) < 4.78 is 0. The standard InChI is InChI=1S/C22H25N5O3/c1-2-20(28)27-11-10-15-12-16(8-9-19(15)27)21(29)25-26-22(30)18-13-17(23-24-18)14-6-4-3-5-7-14/h3-9,12,17-18,23-24H,2,10-11,13H2,1H3,(H,25,29)(H,26,30). The van der Waals surface area contributed by atoms with Gasteiger partial charge in [0.05, 0.1) is 0 Å². The van der Waals surface area contributed by atoms with Crippen molar-refractivity contribution >= 4 is 23.4 Å². The lowest BCUT2D eigenvalue weighted by Crippen LogP contribution is -2.50. The minimum atomic E-state index is -0.454. The smallest absolute Gasteiger partial charge is 0.269 e. The molecule has 4 N–H and O–H groups in total. The quantitative estimate of drug-likeness (QED) is 0.573. The summed E-state index contributed by atoms with van der Waals surface area (Å²) in [5.74, 6) is -0.628. The van der Waals surface area contributed by atoms with Crippen LogP contribution in [0.25, 0.3) is 0 Å². The van der Waals surface area contributed by atoms with Crippen molar-refractivity contribution in [3.63, 3.8) is 0 Å². The van der Waals surface area contributed by atoms with E-state index < -0.39 is 11.9 Å². The third-order valence-electron chi connectivity index (χ3n) is 5.56. The van der Waals surface area contributed by atoms with E-state index in [0.717, 1.165) is 16.8 Å². The number of amides is 3. The number of carbonyl (C=O) groups is 3. The molecule has 0 aromatic heterocycles. The second-order valence-electron chi connectivity index (χ2n) is 7.48. The molecule has 2 aliphatic rings. The second-order valence-corrected chi connectivity index (χ2v) is 7.48. The van der Waals surface area contributed by atoms with Crippen molar-refractivity contribution < 1.29 is 14.4 Å². The highest BCUT2D eigenvalue weighted by atomic mass is 16.2. The zero-order chi connectivity index (χ0) is 21.1. The molecule has 0 aliphatic carbocycles. The number of fused-ring (bicyclic) bond motifs is 1. The Bertz CT molecular complexity index is 963. The van der Waals surface area contributed by atoms with Gasteiger partial charge in [-0.3, -0.25) is 25.2 Å². The first-order valence-electron chi connectivity index (χ1n) is 10.2. The number of hydrogen-bond acceptors (Lipinski definition) is 5. The van der Waals surface area contributed by atoms with Gasteiger partial charge in [-0.25, -0.2) is 10.9 Å². The molecule has 2 aromatic rings. The molecule has 2 unspecified atom stereocenters. The van der Waals surface area contributed by atoms with Crippen molar-refractivity contribution in [2.24, 2.45) is 0 Å². The van der Waals surface area contributed by atoms with Crippen LogP contribution in [0.2, 0.25) is 0 Å². The van der Waals surface area contributed by atoms with E-state index in [2.05, 4.69) is 21.7 Å². The van der Waals surface area contributed by atoms with Crippen LogP contribution in [-0.4, -0.2) is 30.3 Å². The zero-order valence-electron chi connectivity index (χ0n) is 16.8. The van der Waals surface area contributed by atoms with Crippen LogP contribution >= 0.6 is 0 Å². The summed E-state index contributed by atoms with van der Waals surface area (Å²) in [7, 11) is 0. The normalized spacial score (nSPS) is 20.0. The van der Waals surface area contributed by atoms with Crippen LogP contribution < -0.4 is 26.6 Å². The highest BCUT2D eigenvalue weighted by Crippen LogP contribution is 2.29. The molecule has 0 spiro atoms. The third kappa shape index (κ3) is 4.05. The minimum Gasteiger partial charge on any atom is -0.312 e. The van der Waals surface area contributed by atoms with E-state index in [0.29, 0.717) is 31.4 Å². The number of rotatable bonds is 4. The summed E-state index contributed by atoms with van der Waals surface area (Å²) >= 11 is 0. The SMILES string of the molecule is CCC(=O)N1CCc2cc(C(=O)NNC(=O)C3CC(c4ccccc4)NN3)ccc21. The Balaban J connectivity index is 1.32. The van der Waals surface area contributed by atoms with Crippen LogP contribution in [0, 0.1) is 0 Å². The van der Waals surface area contributed by atoms with Gasteiger partial charge in [0.15, 0.2) is 0 Å². The summed E-state index contributed by atoms with van der Waals surface area (Å²) in [4.78, 5) is 38.7. The Morgan fingerprint density at radius 1 is 1.07 bits per heavy atom. The van der Waals surface area contributed by atoms with E-state index in [1.165, 1.54) is 0 Å². The number of benzene rings is 2. The first-order valence-corrected chi connectivity index (χ1v) is 10.2. The molecular formula is C22H25N5O3. The predicted octanol–water partition coefficient (Wildman–Crippen LogP) is 1.35. The molecule has 4 rings (SSSR count). The molecule has 3 amide bonds. The number of nitrogens with one attached hydrogen (secondary N) is 4. The molecule has 1 fully saturated rings. The summed E-state index contributed by atoms with van der Waals surface area (Å²) in [5.41, 5.74) is 14.4. The van der Waals surface area contributed by atoms with Gasteiger partial charge in [0, 0.05) is 30.3 Å². The summed E-state index contributed by atoms with van der Waals surface area (Å²) in [6.07, 6.45) is 1.74. The van der Waals surface area contributed by atoms with Gasteiger partial charge in [-0.15, -0.1) is 0 Å². The molecule has 0 radical (unpaired) electrons. The molecule has 156 valence electrons. The molecule has 0 bridgehead atoms. The average molecular weight is 407 g/mol. The van der Waals surface area contributed by atoms with Crippen LogP contribution in [0.15, 0.2) is 48.5 Å². The van der Waals surface area contributed by atoms with Gasteiger partial charge in [-0.05, 0) is 42.2 Å². The lowest BCUT2D eigenvalue weighted by Gasteiger charge is -2.16. The molecule has 2 heterocycles. The monoisotopic (exact) mass is 407 g/mol. The lowest BCUT2D eigenvalue weighted by molar-refractivity contribution is -0.123. The molecule has 2 aliphatic heterocycles. The Kier molecular flexibility index (Phi) is 5.78. The van der Waals surface area contributed by atoms with E-state index in [1.807, 2.05) is 37.3 Å². The van der Waals surface area contributed by atoms with E-state index in [9.17, 15) is 14.4 Å². The molecule has 2 aromatic carbocycles. The minimum absolute atomic E-state index is 0.0307. The Morgan fingerprint density at radius 2 is 1.87 bits per heavy atom. The van der Waals surface area contributed by atoms with E-state index in [4.69, 9.17) is 0 Å². The van der Waals surface area contributed by atoms with E-state index in [1.54, 1.807) is 23.1 Å². The maximum absolute atomic E-state index is 12.5. The maximum Gasteiger partial charge on any atom is 0.269 e. The molecule has 8 heteroatoms. The van der Waals surface area contributed by atoms with Gasteiger partial charge in [0.25, 0.3) is 11.8 Å². The van der Waals surface area contributed by atoms with Crippen molar-refractivity contribution in [2.45, 2.75) is 38.3 Å². The van der Waals surface area contributed by atoms with Gasteiger partial charge in [0.1, 0.15) is 6.04 Å². The van der Waals surface area contributed by atoms with E-state index in [-0.39, 0.29) is 17.9 Å². The molecule has 8 nitrogen and oxygen atoms in total. The highest BCUT2D eigenvalue weighted by Gasteiger charge is 2.30. The predicted molar refractivity (Wildman–Crippen MR) is 112 cm³/mol. The van der Waals surface area contributed by atoms with Crippen LogP contribution in [0.4, 0.5) is 5.69 Å². The van der Waals surface area contributed by atoms with Crippen LogP contribution in [0.3, 0.4) is 0 Å². The number of carbonyl (C=O) groups excluding carboxylic acids is 3. The van der Waals surface area contributed by atoms with Crippen LogP contribution in [-0.2, 0) is 16.0 Å². The first-order chi connectivity index (χ1) is 14.6. The molecule has 0 saturated carbocycles. The van der Waals surface area contributed by atoms with Crippen molar-refractivity contribution in [2.75, 3.05) is 11.4 Å². The molecular weight excluding hydrogens is 382 g/mol. The van der Waals surface area contributed by atoms with Crippen molar-refractivity contribution in [3.05, 3.63) is 65.2 Å². The Hall–Kier alpha value is -3.23. The fourth-order valence-electron chi connectivity index (χ4n) is 3.90. The van der Waals surface area contributed by atoms with Crippen LogP contribution in [0.1, 0.15) is 47.3 Å². The first kappa shape index (κ1) is 20.1. The third-order valence-corrected chi connectivity index (χ3v) is 5.56. The average Bonchev–Trinajstić information content (AvgIpc) is 3.44. The topological polar surface area (TPSA) is 103 Å². The van der Waals surface area contributed by atoms with Gasteiger partial charge in [0.2, 0.25) is 5.91 Å². The molecule has 1 saturated heterocycles. The number of anilines is 1. The summed E-state index contributed by atoms with van der Waals surface area (Å²) in [5, 5.41) is 0. The van der Waals surface area contributed by atoms with E-state index >= 15 is 0 Å². The van der Waals surface area contributed by atoms with Gasteiger partial charge < -0.3 is 4.90 Å². The van der Waals surface area contributed by atoms with Crippen molar-refractivity contribution in [3.8, 4) is 0 Å². The Morgan fingerprint density at radius 3 is 2.63 bits per heavy atom. The summed E-state index contributed by atoms with van der Waals surface area (Å²) in [6.45, 7) is 2.47. The summed E-state index contributed by atoms with van der Waals surface area (Å²) in [6, 6.07) is 14.7. The molecule has 30 heavy (non-hydrogen) atoms. The van der Waals surface area contributed by atoms with Gasteiger partial charge >= 0.3 is 0 Å². The molecule has 2 atom stereocenters. The fraction of sp³-hybridized carbons (Fsp3) is 0.318. The number of hydrazine groups is 2. The number of hydrogen-bond donors (Lipinski definition) is 4. The maximum atomic E-state index is 12.5. The second kappa shape index (κ2) is 8.64. The van der Waals surface area contributed by atoms with Gasteiger partial charge in [-0.2, -0.15) is 0 Å². The van der Waals surface area contributed by atoms with Crippen molar-refractivity contribution in [1.82, 2.24) is 21.7 Å². The highest BCUT2D eigenvalue weighted by molar-refractivity contribution is 5.99. The zero-order valence-corrected chi connectivity index (χ0v) is 16.8. The fourth-order valence-corrected chi connectivity index (χ4v) is 3.90. The van der Waals surface area contributed by atoms with Crippen LogP contribution in [0.5, 0.6) is 0 Å².